The summed E-state index contributed by atoms with van der Waals surface area (Å²) < 4.78 is 37.7. The maximum Gasteiger partial charge on any atom is 0.994 e. The summed E-state index contributed by atoms with van der Waals surface area (Å²) in [4.78, 5) is 0. The number of hydrogen-bond acceptors (Lipinski definition) is 1. The molecule has 0 spiro atoms. The Morgan fingerprint density at radius 3 is 2.36 bits per heavy atom. The fourth-order valence-electron chi connectivity index (χ4n) is 3.97. The molecule has 0 bridgehead atoms. The summed E-state index contributed by atoms with van der Waals surface area (Å²) in [5, 5.41) is 1.00. The summed E-state index contributed by atoms with van der Waals surface area (Å²) >= 11 is 3.52. The standard InChI is InChI=1S/C16H24BBrF2O2/c18-11-12-6-8-14(9-7-12)16-10-15(21-17(19,20)22-16)13-4-2-1-3-5-13/h10,12-14H,1-9,11H2. The van der Waals surface area contributed by atoms with Crippen molar-refractivity contribution in [3.05, 3.63) is 11.8 Å². The molecular weight excluding hydrogens is 353 g/mol. The summed E-state index contributed by atoms with van der Waals surface area (Å²) in [5.41, 5.74) is 0. The van der Waals surface area contributed by atoms with Crippen LogP contribution < -0.4 is 0 Å². The molecule has 2 aliphatic carbocycles. The zero-order chi connectivity index (χ0) is 15.6. The molecular formula is C16H24BBrF2O2. The largest absolute Gasteiger partial charge is 0.994 e. The first-order valence-electron chi connectivity index (χ1n) is 8.60. The van der Waals surface area contributed by atoms with E-state index in [1.165, 1.54) is 6.42 Å². The Morgan fingerprint density at radius 1 is 1.05 bits per heavy atom. The molecule has 3 rings (SSSR count). The molecule has 0 aromatic rings. The molecule has 0 radical (unpaired) electrons. The van der Waals surface area contributed by atoms with Crippen molar-refractivity contribution in [2.45, 2.75) is 57.8 Å². The lowest BCUT2D eigenvalue weighted by molar-refractivity contribution is -0.368. The minimum absolute atomic E-state index is 0.130. The van der Waals surface area contributed by atoms with Crippen LogP contribution in [-0.4, -0.2) is 18.2 Å². The average Bonchev–Trinajstić information content (AvgIpc) is 2.54. The van der Waals surface area contributed by atoms with Crippen molar-refractivity contribution in [2.24, 2.45) is 17.8 Å². The molecule has 6 heteroatoms. The summed E-state index contributed by atoms with van der Waals surface area (Å²) in [6.45, 7) is 0. The monoisotopic (exact) mass is 376 g/mol. The Kier molecular flexibility index (Phi) is 5.26. The van der Waals surface area contributed by atoms with Gasteiger partial charge in [0.25, 0.3) is 5.78 Å². The second-order valence-electron chi connectivity index (χ2n) is 6.93. The van der Waals surface area contributed by atoms with Crippen LogP contribution in [-0.2, 0) is 9.00 Å². The van der Waals surface area contributed by atoms with E-state index in [4.69, 9.17) is 9.00 Å². The third kappa shape index (κ3) is 3.92. The molecule has 1 heterocycles. The number of halogens is 3. The highest BCUT2D eigenvalue weighted by Gasteiger charge is 2.54. The van der Waals surface area contributed by atoms with Crippen molar-refractivity contribution in [3.63, 3.8) is 0 Å². The molecule has 0 aromatic carbocycles. The van der Waals surface area contributed by atoms with Crippen molar-refractivity contribution in [1.82, 2.24) is 0 Å². The Balaban J connectivity index is 1.73. The first kappa shape index (κ1) is 16.5. The number of alkyl halides is 1. The van der Waals surface area contributed by atoms with Gasteiger partial charge in [-0.05, 0) is 44.4 Å². The van der Waals surface area contributed by atoms with Crippen LogP contribution in [0.15, 0.2) is 11.8 Å². The van der Waals surface area contributed by atoms with Crippen molar-refractivity contribution >= 4 is 28.8 Å². The molecule has 0 saturated heterocycles. The van der Waals surface area contributed by atoms with Gasteiger partial charge < -0.3 is 17.6 Å². The second-order valence-corrected chi connectivity index (χ2v) is 7.57. The van der Waals surface area contributed by atoms with E-state index in [1.54, 1.807) is 6.08 Å². The minimum atomic E-state index is -4.18. The predicted molar refractivity (Wildman–Crippen MR) is 88.0 cm³/mol. The van der Waals surface area contributed by atoms with E-state index in [-0.39, 0.29) is 11.8 Å². The van der Waals surface area contributed by atoms with Crippen LogP contribution in [0.2, 0.25) is 0 Å². The van der Waals surface area contributed by atoms with E-state index in [9.17, 15) is 8.63 Å². The maximum atomic E-state index is 13.9. The average molecular weight is 377 g/mol. The van der Waals surface area contributed by atoms with Gasteiger partial charge in [0.05, 0.1) is 17.8 Å². The zero-order valence-corrected chi connectivity index (χ0v) is 14.5. The van der Waals surface area contributed by atoms with Crippen LogP contribution in [0, 0.1) is 17.8 Å². The van der Waals surface area contributed by atoms with Gasteiger partial charge in [-0.3, -0.25) is 0 Å². The molecule has 22 heavy (non-hydrogen) atoms. The number of ketones is 1. The highest BCUT2D eigenvalue weighted by molar-refractivity contribution is 9.09. The van der Waals surface area contributed by atoms with Crippen molar-refractivity contribution in [1.29, 1.82) is 0 Å². The fraction of sp³-hybridized carbons (Fsp3) is 0.812. The highest BCUT2D eigenvalue weighted by Crippen LogP contribution is 2.38. The SMILES string of the molecule is F[B-]1(F)OC(C2CCC(CBr)CC2)=CC(C2CCCCC2)=[O+]1. The van der Waals surface area contributed by atoms with Crippen LogP contribution in [0.5, 0.6) is 0 Å². The smallest absolute Gasteiger partial charge is 0.572 e. The number of rotatable bonds is 3. The quantitative estimate of drug-likeness (QED) is 0.378. The van der Waals surface area contributed by atoms with Crippen molar-refractivity contribution in [2.75, 3.05) is 5.33 Å². The van der Waals surface area contributed by atoms with Crippen LogP contribution in [0.4, 0.5) is 8.63 Å². The lowest BCUT2D eigenvalue weighted by Gasteiger charge is -2.32. The predicted octanol–water partition coefficient (Wildman–Crippen LogP) is 5.16. The van der Waals surface area contributed by atoms with Gasteiger partial charge in [0.1, 0.15) is 0 Å². The van der Waals surface area contributed by atoms with Gasteiger partial charge in [-0.25, -0.2) is 0 Å². The minimum Gasteiger partial charge on any atom is -0.572 e. The molecule has 0 amide bonds. The molecule has 0 N–H and O–H groups in total. The first-order valence-corrected chi connectivity index (χ1v) is 9.72. The second kappa shape index (κ2) is 7.02. The highest BCUT2D eigenvalue weighted by atomic mass is 79.9. The molecule has 1 aliphatic heterocycles. The summed E-state index contributed by atoms with van der Waals surface area (Å²) in [6.07, 6.45) is 11.2. The topological polar surface area (TPSA) is 20.5 Å². The van der Waals surface area contributed by atoms with Gasteiger partial charge >= 0.3 is 7.11 Å². The summed E-state index contributed by atoms with van der Waals surface area (Å²) in [5.74, 6) is 1.91. The van der Waals surface area contributed by atoms with Gasteiger partial charge in [0.15, 0.2) is 0 Å². The number of allylic oxidation sites excluding steroid dienone is 2. The molecule has 2 nitrogen and oxygen atoms in total. The van der Waals surface area contributed by atoms with Gasteiger partial charge in [-0.1, -0.05) is 35.2 Å². The zero-order valence-electron chi connectivity index (χ0n) is 12.9. The normalized spacial score (nSPS) is 32.9. The third-order valence-electron chi connectivity index (χ3n) is 5.31. The van der Waals surface area contributed by atoms with Crippen molar-refractivity contribution in [3.8, 4) is 0 Å². The van der Waals surface area contributed by atoms with E-state index in [0.29, 0.717) is 17.5 Å². The van der Waals surface area contributed by atoms with Gasteiger partial charge in [-0.15, -0.1) is 0 Å². The van der Waals surface area contributed by atoms with Gasteiger partial charge in [-0.2, -0.15) is 0 Å². The number of hydrogen-bond donors (Lipinski definition) is 0. The lowest BCUT2D eigenvalue weighted by atomic mass is 9.80. The van der Waals surface area contributed by atoms with E-state index in [0.717, 1.165) is 56.7 Å². The Labute approximate surface area is 139 Å². The Hall–Kier alpha value is -0.385. The van der Waals surface area contributed by atoms with Crippen molar-refractivity contribution < 1.29 is 17.6 Å². The molecule has 0 aromatic heterocycles. The molecule has 2 saturated carbocycles. The summed E-state index contributed by atoms with van der Waals surface area (Å²) in [6, 6.07) is 0. The van der Waals surface area contributed by atoms with Crippen LogP contribution in [0.3, 0.4) is 0 Å². The van der Waals surface area contributed by atoms with E-state index >= 15 is 0 Å². The lowest BCUT2D eigenvalue weighted by Crippen LogP contribution is -2.39. The van der Waals surface area contributed by atoms with Gasteiger partial charge in [0.2, 0.25) is 0 Å². The summed E-state index contributed by atoms with van der Waals surface area (Å²) in [7, 11) is -4.18. The van der Waals surface area contributed by atoms with Crippen LogP contribution >= 0.6 is 15.9 Å². The Morgan fingerprint density at radius 2 is 1.73 bits per heavy atom. The van der Waals surface area contributed by atoms with E-state index < -0.39 is 7.11 Å². The third-order valence-corrected chi connectivity index (χ3v) is 6.22. The first-order chi connectivity index (χ1) is 10.6. The Bertz CT molecular complexity index is 453. The van der Waals surface area contributed by atoms with E-state index in [1.807, 2.05) is 0 Å². The number of carbonyl (C=O) groups excluding carboxylic acids is 1. The molecule has 124 valence electrons. The van der Waals surface area contributed by atoms with Crippen LogP contribution in [0.1, 0.15) is 57.8 Å². The molecule has 3 aliphatic rings. The van der Waals surface area contributed by atoms with Crippen LogP contribution in [0.25, 0.3) is 0 Å². The molecule has 0 unspecified atom stereocenters. The fourth-order valence-corrected chi connectivity index (χ4v) is 4.61. The van der Waals surface area contributed by atoms with E-state index in [2.05, 4.69) is 15.9 Å². The molecule has 0 atom stereocenters. The maximum absolute atomic E-state index is 13.9. The molecule has 2 fully saturated rings. The van der Waals surface area contributed by atoms with Gasteiger partial charge in [0, 0.05) is 11.2 Å².